The third kappa shape index (κ3) is 9.38. The summed E-state index contributed by atoms with van der Waals surface area (Å²) in [4.78, 5) is 10.4. The zero-order valence-electron chi connectivity index (χ0n) is 7.43. The maximum absolute atomic E-state index is 10.4. The summed E-state index contributed by atoms with van der Waals surface area (Å²) in [5, 5.41) is 0. The number of hydrogen-bond acceptors (Lipinski definition) is 5. The van der Waals surface area contributed by atoms with E-state index in [1.807, 2.05) is 0 Å². The van der Waals surface area contributed by atoms with Gasteiger partial charge >= 0.3 is 0 Å². The van der Waals surface area contributed by atoms with E-state index < -0.39 is 10.4 Å². The molecule has 0 spiro atoms. The lowest BCUT2D eigenvalue weighted by Gasteiger charge is -1.99. The monoisotopic (exact) mass is 211 g/mol. The Bertz CT molecular complexity index is 240. The van der Waals surface area contributed by atoms with Crippen molar-refractivity contribution in [3.05, 3.63) is 4.91 Å². The first kappa shape index (κ1) is 12.5. The van der Waals surface area contributed by atoms with Gasteiger partial charge in [0.25, 0.3) is 0 Å². The highest BCUT2D eigenvalue weighted by molar-refractivity contribution is 7.80. The molecule has 0 N–H and O–H groups in total. The Morgan fingerprint density at radius 1 is 1.23 bits per heavy atom. The summed E-state index contributed by atoms with van der Waals surface area (Å²) in [7, 11) is -3.60. The summed E-state index contributed by atoms with van der Waals surface area (Å²) in [5.74, 6) is 0. The molecular weight excluding hydrogens is 198 g/mol. The second-order valence-corrected chi connectivity index (χ2v) is 3.71. The molecule has 0 aromatic heterocycles. The summed E-state index contributed by atoms with van der Waals surface area (Å²) in [5.41, 5.74) is 0. The van der Waals surface area contributed by atoms with Gasteiger partial charge in [0.1, 0.15) is 0 Å². The van der Waals surface area contributed by atoms with Gasteiger partial charge < -0.3 is 4.55 Å². The first-order chi connectivity index (χ1) is 5.95. The smallest absolute Gasteiger partial charge is 0.217 e. The number of piperidine rings is 1. The van der Waals surface area contributed by atoms with E-state index in [-0.39, 0.29) is 0 Å². The molecule has 7 heteroatoms. The molecule has 1 rings (SSSR count). The summed E-state index contributed by atoms with van der Waals surface area (Å²) in [6.07, 6.45) is 3.45. The van der Waals surface area contributed by atoms with Crippen LogP contribution in [0.5, 0.6) is 0 Å². The van der Waals surface area contributed by atoms with Crippen molar-refractivity contribution in [3.63, 3.8) is 0 Å². The molecule has 1 aliphatic rings. The van der Waals surface area contributed by atoms with Crippen LogP contribution >= 0.6 is 0 Å². The quantitative estimate of drug-likeness (QED) is 0.347. The molecule has 13 heavy (non-hydrogen) atoms. The summed E-state index contributed by atoms with van der Waals surface area (Å²) >= 11 is 0. The van der Waals surface area contributed by atoms with E-state index >= 15 is 0 Å². The zero-order valence-corrected chi connectivity index (χ0v) is 8.25. The molecule has 1 heterocycles. The van der Waals surface area contributed by atoms with Crippen molar-refractivity contribution in [3.8, 4) is 0 Å². The van der Waals surface area contributed by atoms with Crippen molar-refractivity contribution < 1.29 is 21.9 Å². The molecule has 1 saturated heterocycles. The van der Waals surface area contributed by atoms with Gasteiger partial charge in [0.2, 0.25) is 10.4 Å². The summed E-state index contributed by atoms with van der Waals surface area (Å²) in [6, 6.07) is 0. The minimum Gasteiger partial charge on any atom is -0.726 e. The summed E-state index contributed by atoms with van der Waals surface area (Å²) in [6.45, 7) is 1.53. The fourth-order valence-corrected chi connectivity index (χ4v) is 0.865. The van der Waals surface area contributed by atoms with E-state index in [4.69, 9.17) is 0 Å². The van der Waals surface area contributed by atoms with E-state index in [2.05, 4.69) is 4.18 Å². The van der Waals surface area contributed by atoms with Gasteiger partial charge in [-0.1, -0.05) is 0 Å². The van der Waals surface area contributed by atoms with Gasteiger partial charge in [0, 0.05) is 17.7 Å². The molecule has 0 saturated carbocycles. The second-order valence-electron chi connectivity index (χ2n) is 2.56. The second kappa shape index (κ2) is 6.01. The van der Waals surface area contributed by atoms with Crippen LogP contribution in [0.3, 0.4) is 0 Å². The molecular formula is C6H13NO5S. The average Bonchev–Trinajstić information content (AvgIpc) is 2.06. The molecule has 1 aliphatic heterocycles. The van der Waals surface area contributed by atoms with Crippen molar-refractivity contribution in [2.45, 2.75) is 19.3 Å². The normalized spacial score (nSPS) is 17.5. The van der Waals surface area contributed by atoms with Crippen LogP contribution in [0.15, 0.2) is 0 Å². The maximum Gasteiger partial charge on any atom is 0.217 e. The van der Waals surface area contributed by atoms with E-state index in [1.54, 1.807) is 0 Å². The largest absolute Gasteiger partial charge is 0.726 e. The molecule has 6 nitrogen and oxygen atoms in total. The van der Waals surface area contributed by atoms with E-state index in [1.165, 1.54) is 6.42 Å². The SMILES string of the molecule is COS(=O)(=O)[O-].O=[N+]1CCCCC1. The standard InChI is InChI=1S/C5H10NO.CH4O4S/c7-6-4-2-1-3-5-6;1-5-6(2,3)4/h1-5H2;1H3,(H,2,3,4)/q+1;/p-1. The third-order valence-electron chi connectivity index (χ3n) is 1.52. The van der Waals surface area contributed by atoms with Gasteiger partial charge in [-0.05, 0) is 11.2 Å². The molecule has 0 aromatic carbocycles. The van der Waals surface area contributed by atoms with Crippen LogP contribution in [0.2, 0.25) is 0 Å². The van der Waals surface area contributed by atoms with Crippen LogP contribution in [0.1, 0.15) is 19.3 Å². The third-order valence-corrected chi connectivity index (χ3v) is 1.93. The van der Waals surface area contributed by atoms with Gasteiger partial charge in [-0.25, -0.2) is 8.42 Å². The lowest BCUT2D eigenvalue weighted by Crippen LogP contribution is -2.16. The van der Waals surface area contributed by atoms with Crippen LogP contribution in [0, 0.1) is 4.91 Å². The Morgan fingerprint density at radius 2 is 1.62 bits per heavy atom. The molecule has 0 amide bonds. The molecule has 0 bridgehead atoms. The van der Waals surface area contributed by atoms with Crippen molar-refractivity contribution in [2.75, 3.05) is 20.2 Å². The fraction of sp³-hybridized carbons (Fsp3) is 1.00. The Hall–Kier alpha value is -0.530. The highest BCUT2D eigenvalue weighted by atomic mass is 32.3. The van der Waals surface area contributed by atoms with E-state index in [0.29, 0.717) is 0 Å². The van der Waals surface area contributed by atoms with Crippen LogP contribution in [-0.2, 0) is 14.6 Å². The van der Waals surface area contributed by atoms with Crippen LogP contribution < -0.4 is 0 Å². The van der Waals surface area contributed by atoms with Gasteiger partial charge in [0.05, 0.1) is 7.11 Å². The molecule has 0 atom stereocenters. The molecule has 78 valence electrons. The molecule has 1 fully saturated rings. The fourth-order valence-electron chi connectivity index (χ4n) is 0.865. The van der Waals surface area contributed by atoms with Crippen molar-refractivity contribution in [1.82, 2.24) is 0 Å². The Labute approximate surface area is 77.4 Å². The molecule has 0 radical (unpaired) electrons. The minimum atomic E-state index is -4.41. The predicted molar refractivity (Wildman–Crippen MR) is 43.9 cm³/mol. The highest BCUT2D eigenvalue weighted by Gasteiger charge is 2.12. The molecule has 0 aromatic rings. The van der Waals surface area contributed by atoms with Gasteiger partial charge in [-0.15, -0.1) is 0 Å². The van der Waals surface area contributed by atoms with Gasteiger partial charge in [-0.3, -0.25) is 4.18 Å². The van der Waals surface area contributed by atoms with Crippen LogP contribution in [0.4, 0.5) is 0 Å². The van der Waals surface area contributed by atoms with Gasteiger partial charge in [-0.2, -0.15) is 0 Å². The number of rotatable bonds is 1. The zero-order chi connectivity index (χ0) is 10.3. The van der Waals surface area contributed by atoms with Gasteiger partial charge in [0.15, 0.2) is 13.1 Å². The minimum absolute atomic E-state index is 0.764. The average molecular weight is 211 g/mol. The highest BCUT2D eigenvalue weighted by Crippen LogP contribution is 2.01. The molecule has 0 aliphatic carbocycles. The predicted octanol–water partition coefficient (Wildman–Crippen LogP) is 0.0422. The number of nitrogens with zero attached hydrogens (tertiary/aromatic N) is 1. The van der Waals surface area contributed by atoms with E-state index in [0.717, 1.165) is 37.8 Å². The Balaban J connectivity index is 0.000000226. The van der Waals surface area contributed by atoms with Crippen molar-refractivity contribution in [1.29, 1.82) is 0 Å². The Morgan fingerprint density at radius 3 is 1.77 bits per heavy atom. The lowest BCUT2D eigenvalue weighted by molar-refractivity contribution is -0.557. The number of nitroso groups, excluding NO2 is 1. The van der Waals surface area contributed by atoms with Crippen LogP contribution in [-0.4, -0.2) is 37.9 Å². The number of hydrogen-bond donors (Lipinski definition) is 0. The first-order valence-electron chi connectivity index (χ1n) is 3.89. The van der Waals surface area contributed by atoms with Crippen molar-refractivity contribution in [2.24, 2.45) is 0 Å². The van der Waals surface area contributed by atoms with Crippen molar-refractivity contribution >= 4 is 10.4 Å². The van der Waals surface area contributed by atoms with Crippen LogP contribution in [0.25, 0.3) is 0 Å². The Kier molecular flexibility index (Phi) is 5.76. The first-order valence-corrected chi connectivity index (χ1v) is 5.22. The molecule has 0 unspecified atom stereocenters. The van der Waals surface area contributed by atoms with E-state index in [9.17, 15) is 17.9 Å². The summed E-state index contributed by atoms with van der Waals surface area (Å²) < 4.78 is 32.2. The topological polar surface area (TPSA) is 86.5 Å². The lowest BCUT2D eigenvalue weighted by atomic mass is 10.2. The maximum atomic E-state index is 10.4.